The van der Waals surface area contributed by atoms with Crippen LogP contribution in [0.4, 0.5) is 10.5 Å². The maximum Gasteiger partial charge on any atom is 0.322 e. The monoisotopic (exact) mass is 293 g/mol. The highest BCUT2D eigenvalue weighted by Gasteiger charge is 2.15. The van der Waals surface area contributed by atoms with Gasteiger partial charge in [0.15, 0.2) is 0 Å². The Morgan fingerprint density at radius 3 is 2.33 bits per heavy atom. The quantitative estimate of drug-likeness (QED) is 0.747. The van der Waals surface area contributed by atoms with Gasteiger partial charge in [-0.1, -0.05) is 12.1 Å². The van der Waals surface area contributed by atoms with Gasteiger partial charge in [0.1, 0.15) is 6.54 Å². The van der Waals surface area contributed by atoms with Crippen molar-refractivity contribution in [2.45, 2.75) is 26.9 Å². The number of anilines is 1. The molecule has 0 bridgehead atoms. The fourth-order valence-electron chi connectivity index (χ4n) is 1.80. The number of amides is 3. The zero-order chi connectivity index (χ0) is 15.8. The lowest BCUT2D eigenvalue weighted by Gasteiger charge is -2.20. The van der Waals surface area contributed by atoms with Crippen molar-refractivity contribution in [1.29, 1.82) is 0 Å². The molecule has 3 amide bonds. The Morgan fingerprint density at radius 1 is 1.24 bits per heavy atom. The Morgan fingerprint density at radius 2 is 1.86 bits per heavy atom. The summed E-state index contributed by atoms with van der Waals surface area (Å²) in [6, 6.07) is 6.62. The molecule has 0 saturated carbocycles. The number of nitrogens with zero attached hydrogens (tertiary/aromatic N) is 1. The minimum Gasteiger partial charge on any atom is -0.389 e. The van der Waals surface area contributed by atoms with Crippen LogP contribution in [-0.2, 0) is 4.79 Å². The van der Waals surface area contributed by atoms with E-state index < -0.39 is 6.10 Å². The van der Waals surface area contributed by atoms with Gasteiger partial charge in [0.05, 0.1) is 6.10 Å². The second-order valence-corrected chi connectivity index (χ2v) is 4.70. The van der Waals surface area contributed by atoms with Crippen molar-refractivity contribution in [1.82, 2.24) is 10.2 Å². The molecule has 0 radical (unpaired) electrons. The number of carbonyl (C=O) groups is 2. The number of hydrogen-bond donors (Lipinski definition) is 3. The number of hydrogen-bond acceptors (Lipinski definition) is 3. The molecule has 1 aromatic rings. The van der Waals surface area contributed by atoms with E-state index in [1.807, 2.05) is 13.8 Å². The number of likely N-dealkylation sites (N-methyl/N-ethyl adjacent to an activating group) is 2. The summed E-state index contributed by atoms with van der Waals surface area (Å²) in [5, 5.41) is 14.8. The van der Waals surface area contributed by atoms with Crippen LogP contribution in [0.2, 0.25) is 0 Å². The molecule has 0 heterocycles. The summed E-state index contributed by atoms with van der Waals surface area (Å²) in [6.07, 6.45) is -0.542. The van der Waals surface area contributed by atoms with Crippen LogP contribution in [-0.4, -0.2) is 41.6 Å². The third-order valence-corrected chi connectivity index (χ3v) is 3.02. The van der Waals surface area contributed by atoms with E-state index in [4.69, 9.17) is 0 Å². The van der Waals surface area contributed by atoms with Gasteiger partial charge in [-0.15, -0.1) is 0 Å². The normalized spacial score (nSPS) is 11.6. The maximum atomic E-state index is 12.1. The first kappa shape index (κ1) is 17.0. The van der Waals surface area contributed by atoms with Crippen molar-refractivity contribution in [3.8, 4) is 0 Å². The summed E-state index contributed by atoms with van der Waals surface area (Å²) >= 11 is 0. The highest BCUT2D eigenvalue weighted by Crippen LogP contribution is 2.15. The van der Waals surface area contributed by atoms with Crippen LogP contribution >= 0.6 is 0 Å². The van der Waals surface area contributed by atoms with Crippen molar-refractivity contribution >= 4 is 17.6 Å². The van der Waals surface area contributed by atoms with Crippen LogP contribution in [0.15, 0.2) is 24.3 Å². The topological polar surface area (TPSA) is 81.7 Å². The lowest BCUT2D eigenvalue weighted by Crippen LogP contribution is -2.42. The van der Waals surface area contributed by atoms with E-state index in [1.54, 1.807) is 31.2 Å². The molecule has 1 aromatic carbocycles. The largest absolute Gasteiger partial charge is 0.389 e. The molecule has 21 heavy (non-hydrogen) atoms. The first-order chi connectivity index (χ1) is 9.97. The molecule has 0 fully saturated rings. The lowest BCUT2D eigenvalue weighted by atomic mass is 10.1. The molecular weight excluding hydrogens is 270 g/mol. The van der Waals surface area contributed by atoms with Crippen molar-refractivity contribution in [3.63, 3.8) is 0 Å². The Labute approximate surface area is 125 Å². The van der Waals surface area contributed by atoms with Gasteiger partial charge < -0.3 is 20.6 Å². The fraction of sp³-hybridized carbons (Fsp3) is 0.467. The highest BCUT2D eigenvalue weighted by atomic mass is 16.3. The SMILES string of the molecule is CCNC(=O)CN(CC)C(=O)Nc1ccc(C(C)O)cc1. The first-order valence-corrected chi connectivity index (χ1v) is 7.08. The van der Waals surface area contributed by atoms with Gasteiger partial charge in [-0.2, -0.15) is 0 Å². The van der Waals surface area contributed by atoms with Gasteiger partial charge in [-0.3, -0.25) is 4.79 Å². The van der Waals surface area contributed by atoms with E-state index in [-0.39, 0.29) is 18.5 Å². The molecule has 1 atom stereocenters. The molecule has 1 rings (SSSR count). The fourth-order valence-corrected chi connectivity index (χ4v) is 1.80. The number of urea groups is 1. The number of nitrogens with one attached hydrogen (secondary N) is 2. The van der Waals surface area contributed by atoms with Gasteiger partial charge in [-0.05, 0) is 38.5 Å². The van der Waals surface area contributed by atoms with Gasteiger partial charge in [0, 0.05) is 18.8 Å². The van der Waals surface area contributed by atoms with Gasteiger partial charge >= 0.3 is 6.03 Å². The summed E-state index contributed by atoms with van der Waals surface area (Å²) < 4.78 is 0. The van der Waals surface area contributed by atoms with Crippen LogP contribution in [0.3, 0.4) is 0 Å². The van der Waals surface area contributed by atoms with Gasteiger partial charge in [-0.25, -0.2) is 4.79 Å². The van der Waals surface area contributed by atoms with Crippen LogP contribution in [0.25, 0.3) is 0 Å². The number of aliphatic hydroxyl groups is 1. The molecule has 0 aliphatic rings. The minimum atomic E-state index is -0.542. The van der Waals surface area contributed by atoms with E-state index in [9.17, 15) is 14.7 Å². The molecule has 6 heteroatoms. The number of benzene rings is 1. The molecular formula is C15H23N3O3. The summed E-state index contributed by atoms with van der Waals surface area (Å²) in [7, 11) is 0. The summed E-state index contributed by atoms with van der Waals surface area (Å²) in [5.74, 6) is -0.182. The number of carbonyl (C=O) groups excluding carboxylic acids is 2. The smallest absolute Gasteiger partial charge is 0.322 e. The minimum absolute atomic E-state index is 0.0297. The average molecular weight is 293 g/mol. The second kappa shape index (κ2) is 8.26. The van der Waals surface area contributed by atoms with Crippen LogP contribution in [0, 0.1) is 0 Å². The molecule has 6 nitrogen and oxygen atoms in total. The van der Waals surface area contributed by atoms with Crippen LogP contribution in [0.5, 0.6) is 0 Å². The van der Waals surface area contributed by atoms with Crippen molar-refractivity contribution in [2.75, 3.05) is 25.0 Å². The van der Waals surface area contributed by atoms with E-state index in [2.05, 4.69) is 10.6 Å². The molecule has 3 N–H and O–H groups in total. The maximum absolute atomic E-state index is 12.1. The lowest BCUT2D eigenvalue weighted by molar-refractivity contribution is -0.121. The third kappa shape index (κ3) is 5.43. The Hall–Kier alpha value is -2.08. The Bertz CT molecular complexity index is 472. The second-order valence-electron chi connectivity index (χ2n) is 4.70. The predicted octanol–water partition coefficient (Wildman–Crippen LogP) is 1.73. The molecule has 0 aliphatic heterocycles. The molecule has 1 unspecified atom stereocenters. The Kier molecular flexibility index (Phi) is 6.68. The van der Waals surface area contributed by atoms with Crippen LogP contribution in [0.1, 0.15) is 32.4 Å². The van der Waals surface area contributed by atoms with Crippen molar-refractivity contribution < 1.29 is 14.7 Å². The third-order valence-electron chi connectivity index (χ3n) is 3.02. The highest BCUT2D eigenvalue weighted by molar-refractivity contribution is 5.92. The summed E-state index contributed by atoms with van der Waals surface area (Å²) in [5.41, 5.74) is 1.40. The van der Waals surface area contributed by atoms with Crippen molar-refractivity contribution in [3.05, 3.63) is 29.8 Å². The van der Waals surface area contributed by atoms with E-state index in [0.717, 1.165) is 5.56 Å². The van der Waals surface area contributed by atoms with Gasteiger partial charge in [0.25, 0.3) is 0 Å². The average Bonchev–Trinajstić information content (AvgIpc) is 2.45. The van der Waals surface area contributed by atoms with E-state index >= 15 is 0 Å². The number of aliphatic hydroxyl groups excluding tert-OH is 1. The molecule has 0 saturated heterocycles. The summed E-state index contributed by atoms with van der Waals surface area (Å²) in [6.45, 7) is 6.33. The first-order valence-electron chi connectivity index (χ1n) is 7.08. The molecule has 0 aliphatic carbocycles. The molecule has 116 valence electrons. The summed E-state index contributed by atoms with van der Waals surface area (Å²) in [4.78, 5) is 25.0. The van der Waals surface area contributed by atoms with Crippen LogP contribution < -0.4 is 10.6 Å². The molecule has 0 spiro atoms. The zero-order valence-electron chi connectivity index (χ0n) is 12.7. The van der Waals surface area contributed by atoms with Gasteiger partial charge in [0.2, 0.25) is 5.91 Å². The standard InChI is InChI=1S/C15H23N3O3/c1-4-16-14(20)10-18(5-2)15(21)17-13-8-6-12(7-9-13)11(3)19/h6-9,11,19H,4-5,10H2,1-3H3,(H,16,20)(H,17,21). The van der Waals surface area contributed by atoms with E-state index in [1.165, 1.54) is 4.90 Å². The van der Waals surface area contributed by atoms with Crippen molar-refractivity contribution in [2.24, 2.45) is 0 Å². The number of rotatable bonds is 6. The predicted molar refractivity (Wildman–Crippen MR) is 82.0 cm³/mol. The molecule has 0 aromatic heterocycles. The Balaban J connectivity index is 2.63. The van der Waals surface area contributed by atoms with E-state index in [0.29, 0.717) is 18.8 Å². The zero-order valence-corrected chi connectivity index (χ0v) is 12.7.